The molecule has 8 heteroatoms. The van der Waals surface area contributed by atoms with Crippen LogP contribution in [0.25, 0.3) is 0 Å². The number of guanidine groups is 1. The minimum absolute atomic E-state index is 0.00399. The molecular formula is C23H37N5O2S. The van der Waals surface area contributed by atoms with Gasteiger partial charge < -0.3 is 10.6 Å². The largest absolute Gasteiger partial charge is 0.357 e. The predicted octanol–water partition coefficient (Wildman–Crippen LogP) is 3.22. The minimum atomic E-state index is -3.35. The molecule has 0 saturated heterocycles. The van der Waals surface area contributed by atoms with Gasteiger partial charge in [0.2, 0.25) is 0 Å². The fraction of sp³-hybridized carbons (Fsp3) is 0.565. The number of nitrogens with one attached hydrogen (secondary N) is 2. The van der Waals surface area contributed by atoms with Crippen molar-refractivity contribution in [1.82, 2.24) is 20.4 Å². The first-order chi connectivity index (χ1) is 14.5. The lowest BCUT2D eigenvalue weighted by atomic mass is 9.87. The van der Waals surface area contributed by atoms with Crippen molar-refractivity contribution < 1.29 is 8.42 Å². The van der Waals surface area contributed by atoms with Crippen LogP contribution in [0.4, 0.5) is 0 Å². The van der Waals surface area contributed by atoms with Crippen LogP contribution in [0.2, 0.25) is 0 Å². The third-order valence-corrected chi connectivity index (χ3v) is 6.72. The van der Waals surface area contributed by atoms with Crippen molar-refractivity contribution in [2.45, 2.75) is 64.8 Å². The van der Waals surface area contributed by atoms with E-state index in [9.17, 15) is 8.42 Å². The molecule has 1 aromatic carbocycles. The summed E-state index contributed by atoms with van der Waals surface area (Å²) in [7, 11) is -3.35. The summed E-state index contributed by atoms with van der Waals surface area (Å²) in [6.07, 6.45) is 0.858. The van der Waals surface area contributed by atoms with Gasteiger partial charge in [-0.3, -0.25) is 9.67 Å². The molecule has 0 saturated carbocycles. The molecule has 0 spiro atoms. The molecule has 0 atom stereocenters. The third kappa shape index (κ3) is 7.69. The summed E-state index contributed by atoms with van der Waals surface area (Å²) in [4.78, 5) is 4.91. The summed E-state index contributed by atoms with van der Waals surface area (Å²) in [5.74, 6) is 0.645. The van der Waals surface area contributed by atoms with Gasteiger partial charge in [0, 0.05) is 31.9 Å². The number of benzene rings is 1. The van der Waals surface area contributed by atoms with E-state index in [1.807, 2.05) is 37.6 Å². The van der Waals surface area contributed by atoms with Gasteiger partial charge in [0.15, 0.2) is 15.8 Å². The Morgan fingerprint density at radius 1 is 1.13 bits per heavy atom. The smallest absolute Gasteiger partial charge is 0.191 e. The maximum absolute atomic E-state index is 12.7. The van der Waals surface area contributed by atoms with Crippen LogP contribution in [0, 0.1) is 13.8 Å². The molecule has 0 aliphatic carbocycles. The van der Waals surface area contributed by atoms with Crippen molar-refractivity contribution in [3.8, 4) is 0 Å². The molecule has 1 heterocycles. The Labute approximate surface area is 187 Å². The predicted molar refractivity (Wildman–Crippen MR) is 127 cm³/mol. The van der Waals surface area contributed by atoms with E-state index in [2.05, 4.69) is 47.6 Å². The van der Waals surface area contributed by atoms with Crippen molar-refractivity contribution in [2.24, 2.45) is 4.99 Å². The maximum Gasteiger partial charge on any atom is 0.191 e. The van der Waals surface area contributed by atoms with Gasteiger partial charge in [-0.2, -0.15) is 5.10 Å². The first kappa shape index (κ1) is 24.9. The fourth-order valence-corrected chi connectivity index (χ4v) is 4.40. The molecule has 2 rings (SSSR count). The molecule has 0 aliphatic heterocycles. The lowest BCUT2D eigenvalue weighted by Gasteiger charge is -2.19. The van der Waals surface area contributed by atoms with Crippen molar-refractivity contribution in [1.29, 1.82) is 0 Å². The molecule has 172 valence electrons. The number of aryl methyl sites for hydroxylation is 3. The second-order valence-corrected chi connectivity index (χ2v) is 10.9. The Balaban J connectivity index is 1.87. The van der Waals surface area contributed by atoms with Gasteiger partial charge in [-0.05, 0) is 56.4 Å². The van der Waals surface area contributed by atoms with Crippen LogP contribution >= 0.6 is 0 Å². The van der Waals surface area contributed by atoms with E-state index in [1.165, 1.54) is 0 Å². The molecule has 31 heavy (non-hydrogen) atoms. The standard InChI is InChI=1S/C23H37N5O2S/c1-7-24-22(25-13-8-15-28-19(3)17-18(2)27-28)26-14-16-31(29,30)21-11-9-20(10-12-21)23(4,5)6/h9-12,17H,7-8,13-16H2,1-6H3,(H2,24,25,26). The van der Waals surface area contributed by atoms with E-state index in [0.717, 1.165) is 29.9 Å². The number of sulfone groups is 1. The number of hydrogen-bond donors (Lipinski definition) is 2. The van der Waals surface area contributed by atoms with Crippen LogP contribution in [0.3, 0.4) is 0 Å². The summed E-state index contributed by atoms with van der Waals surface area (Å²) < 4.78 is 27.3. The van der Waals surface area contributed by atoms with Crippen LogP contribution in [0.5, 0.6) is 0 Å². The van der Waals surface area contributed by atoms with Crippen LogP contribution in [-0.4, -0.2) is 49.5 Å². The van der Waals surface area contributed by atoms with Crippen molar-refractivity contribution >= 4 is 15.8 Å². The molecule has 0 bridgehead atoms. The molecule has 0 aliphatic rings. The molecule has 7 nitrogen and oxygen atoms in total. The van der Waals surface area contributed by atoms with Gasteiger partial charge in [-0.25, -0.2) is 8.42 Å². The monoisotopic (exact) mass is 447 g/mol. The first-order valence-electron chi connectivity index (χ1n) is 10.9. The highest BCUT2D eigenvalue weighted by molar-refractivity contribution is 7.91. The van der Waals surface area contributed by atoms with Gasteiger partial charge in [-0.15, -0.1) is 0 Å². The molecule has 0 radical (unpaired) electrons. The van der Waals surface area contributed by atoms with E-state index >= 15 is 0 Å². The molecule has 0 amide bonds. The Hall–Kier alpha value is -2.35. The normalized spacial score (nSPS) is 12.8. The summed E-state index contributed by atoms with van der Waals surface area (Å²) in [6.45, 7) is 14.8. The van der Waals surface area contributed by atoms with Crippen LogP contribution in [0.15, 0.2) is 40.2 Å². The lowest BCUT2D eigenvalue weighted by Crippen LogP contribution is -2.39. The van der Waals surface area contributed by atoms with Crippen molar-refractivity contribution in [3.05, 3.63) is 47.3 Å². The van der Waals surface area contributed by atoms with Crippen LogP contribution in [0.1, 0.15) is 51.1 Å². The topological polar surface area (TPSA) is 88.4 Å². The Kier molecular flexibility index (Phi) is 8.68. The lowest BCUT2D eigenvalue weighted by molar-refractivity contribution is 0.567. The minimum Gasteiger partial charge on any atom is -0.357 e. The number of aromatic nitrogens is 2. The molecule has 0 fully saturated rings. The van der Waals surface area contributed by atoms with Crippen LogP contribution in [-0.2, 0) is 21.8 Å². The first-order valence-corrected chi connectivity index (χ1v) is 12.5. The van der Waals surface area contributed by atoms with Gasteiger partial charge >= 0.3 is 0 Å². The Morgan fingerprint density at radius 3 is 2.35 bits per heavy atom. The SMILES string of the molecule is CCNC(=NCCCn1nc(C)cc1C)NCCS(=O)(=O)c1ccc(C(C)(C)C)cc1. The molecule has 2 N–H and O–H groups in total. The second-order valence-electron chi connectivity index (χ2n) is 8.78. The van der Waals surface area contributed by atoms with Gasteiger partial charge in [0.1, 0.15) is 0 Å². The Bertz CT molecular complexity index is 970. The van der Waals surface area contributed by atoms with Crippen molar-refractivity contribution in [3.63, 3.8) is 0 Å². The van der Waals surface area contributed by atoms with Crippen molar-refractivity contribution in [2.75, 3.05) is 25.4 Å². The number of rotatable bonds is 9. The van der Waals surface area contributed by atoms with Gasteiger partial charge in [0.05, 0.1) is 16.3 Å². The zero-order valence-electron chi connectivity index (χ0n) is 19.7. The number of aliphatic imine (C=N–C) groups is 1. The van der Waals surface area contributed by atoms with E-state index in [0.29, 0.717) is 30.5 Å². The third-order valence-electron chi connectivity index (χ3n) is 4.99. The number of hydrogen-bond acceptors (Lipinski definition) is 4. The summed E-state index contributed by atoms with van der Waals surface area (Å²) in [5, 5.41) is 10.8. The van der Waals surface area contributed by atoms with E-state index in [-0.39, 0.29) is 11.2 Å². The van der Waals surface area contributed by atoms with E-state index < -0.39 is 9.84 Å². The van der Waals surface area contributed by atoms with E-state index in [4.69, 9.17) is 0 Å². The zero-order valence-corrected chi connectivity index (χ0v) is 20.5. The second kappa shape index (κ2) is 10.8. The summed E-state index contributed by atoms with van der Waals surface area (Å²) in [5.41, 5.74) is 3.28. The molecule has 1 aromatic heterocycles. The zero-order chi connectivity index (χ0) is 23.1. The average Bonchev–Trinajstić information content (AvgIpc) is 3.01. The average molecular weight is 448 g/mol. The molecular weight excluding hydrogens is 410 g/mol. The molecule has 0 unspecified atom stereocenters. The van der Waals surface area contributed by atoms with E-state index in [1.54, 1.807) is 12.1 Å². The number of nitrogens with zero attached hydrogens (tertiary/aromatic N) is 3. The quantitative estimate of drug-likeness (QED) is 0.350. The maximum atomic E-state index is 12.7. The highest BCUT2D eigenvalue weighted by atomic mass is 32.2. The summed E-state index contributed by atoms with van der Waals surface area (Å²) >= 11 is 0. The van der Waals surface area contributed by atoms with Crippen LogP contribution < -0.4 is 10.6 Å². The highest BCUT2D eigenvalue weighted by Gasteiger charge is 2.17. The summed E-state index contributed by atoms with van der Waals surface area (Å²) in [6, 6.07) is 9.26. The van der Waals surface area contributed by atoms with Gasteiger partial charge in [-0.1, -0.05) is 32.9 Å². The molecule has 2 aromatic rings. The Morgan fingerprint density at radius 2 is 1.81 bits per heavy atom. The van der Waals surface area contributed by atoms with Gasteiger partial charge in [0.25, 0.3) is 0 Å². The highest BCUT2D eigenvalue weighted by Crippen LogP contribution is 2.23. The fourth-order valence-electron chi connectivity index (χ4n) is 3.24.